The van der Waals surface area contributed by atoms with Crippen LogP contribution in [-0.2, 0) is 0 Å². The minimum absolute atomic E-state index is 0.195. The van der Waals surface area contributed by atoms with Crippen molar-refractivity contribution in [1.29, 1.82) is 5.26 Å². The number of benzene rings is 1. The third-order valence-electron chi connectivity index (χ3n) is 2.67. The molecule has 0 radical (unpaired) electrons. The second-order valence-electron chi connectivity index (χ2n) is 4.16. The molecule has 1 aromatic heterocycles. The number of hydrogen-bond acceptors (Lipinski definition) is 5. The van der Waals surface area contributed by atoms with Crippen LogP contribution < -0.4 is 9.47 Å². The molecule has 20 heavy (non-hydrogen) atoms. The van der Waals surface area contributed by atoms with Gasteiger partial charge in [0.1, 0.15) is 5.75 Å². The summed E-state index contributed by atoms with van der Waals surface area (Å²) in [5, 5.41) is 8.93. The number of rotatable bonds is 3. The molecule has 5 nitrogen and oxygen atoms in total. The summed E-state index contributed by atoms with van der Waals surface area (Å²) in [5.41, 5.74) is 2.31. The van der Waals surface area contributed by atoms with Crippen molar-refractivity contribution in [3.63, 3.8) is 0 Å². The van der Waals surface area contributed by atoms with E-state index in [4.69, 9.17) is 14.7 Å². The molecule has 0 amide bonds. The Morgan fingerprint density at radius 3 is 2.45 bits per heavy atom. The van der Waals surface area contributed by atoms with Crippen molar-refractivity contribution in [2.45, 2.75) is 13.8 Å². The van der Waals surface area contributed by atoms with E-state index in [0.29, 0.717) is 21.7 Å². The normalized spacial score (nSPS) is 9.95. The molecule has 0 saturated carbocycles. The van der Waals surface area contributed by atoms with E-state index in [0.717, 1.165) is 11.1 Å². The predicted molar refractivity (Wildman–Crippen MR) is 77.0 cm³/mol. The van der Waals surface area contributed by atoms with Crippen molar-refractivity contribution in [3.8, 4) is 23.7 Å². The zero-order valence-corrected chi connectivity index (χ0v) is 12.9. The molecule has 0 aliphatic heterocycles. The molecule has 2 aromatic rings. The fourth-order valence-corrected chi connectivity index (χ4v) is 2.15. The van der Waals surface area contributed by atoms with Gasteiger partial charge in [0.05, 0.1) is 29.4 Å². The van der Waals surface area contributed by atoms with Crippen LogP contribution in [0.25, 0.3) is 0 Å². The maximum absolute atomic E-state index is 8.93. The molecule has 6 heteroatoms. The topological polar surface area (TPSA) is 68.0 Å². The summed E-state index contributed by atoms with van der Waals surface area (Å²) in [5.74, 6) is 1.05. The van der Waals surface area contributed by atoms with Crippen LogP contribution in [0.1, 0.15) is 16.7 Å². The molecule has 0 atom stereocenters. The zero-order valence-electron chi connectivity index (χ0n) is 11.3. The van der Waals surface area contributed by atoms with Gasteiger partial charge in [-0.25, -0.2) is 4.98 Å². The fraction of sp³-hybridized carbons (Fsp3) is 0.214. The van der Waals surface area contributed by atoms with Crippen LogP contribution in [0.2, 0.25) is 0 Å². The van der Waals surface area contributed by atoms with Gasteiger partial charge in [0.25, 0.3) is 0 Å². The van der Waals surface area contributed by atoms with Crippen LogP contribution in [0, 0.1) is 25.2 Å². The minimum atomic E-state index is 0.195. The van der Waals surface area contributed by atoms with Crippen LogP contribution in [-0.4, -0.2) is 17.1 Å². The first-order valence-electron chi connectivity index (χ1n) is 5.81. The van der Waals surface area contributed by atoms with E-state index in [-0.39, 0.29) is 6.01 Å². The van der Waals surface area contributed by atoms with Crippen molar-refractivity contribution in [2.75, 3.05) is 7.11 Å². The van der Waals surface area contributed by atoms with Gasteiger partial charge in [-0.2, -0.15) is 10.2 Å². The molecule has 0 aliphatic rings. The highest BCUT2D eigenvalue weighted by Crippen LogP contribution is 2.30. The Hall–Kier alpha value is -2.13. The molecule has 0 aliphatic carbocycles. The van der Waals surface area contributed by atoms with Crippen LogP contribution in [0.3, 0.4) is 0 Å². The van der Waals surface area contributed by atoms with E-state index in [1.165, 1.54) is 7.11 Å². The Bertz CT molecular complexity index is 672. The second-order valence-corrected chi connectivity index (χ2v) is 5.02. The maximum atomic E-state index is 8.93. The number of aromatic nitrogens is 2. The first-order chi connectivity index (χ1) is 9.55. The van der Waals surface area contributed by atoms with E-state index in [1.807, 2.05) is 13.8 Å². The third kappa shape index (κ3) is 2.89. The van der Waals surface area contributed by atoms with Crippen molar-refractivity contribution in [2.24, 2.45) is 0 Å². The summed E-state index contributed by atoms with van der Waals surface area (Å²) >= 11 is 3.28. The van der Waals surface area contributed by atoms with Gasteiger partial charge in [-0.3, -0.25) is 0 Å². The van der Waals surface area contributed by atoms with Crippen LogP contribution in [0.4, 0.5) is 0 Å². The summed E-state index contributed by atoms with van der Waals surface area (Å²) in [6.07, 6.45) is 1.56. The largest absolute Gasteiger partial charge is 0.480 e. The minimum Gasteiger partial charge on any atom is -0.480 e. The third-order valence-corrected chi connectivity index (χ3v) is 3.21. The summed E-state index contributed by atoms with van der Waals surface area (Å²) in [6.45, 7) is 3.75. The van der Waals surface area contributed by atoms with Gasteiger partial charge in [-0.05, 0) is 53.0 Å². The average Bonchev–Trinajstić information content (AvgIpc) is 2.44. The van der Waals surface area contributed by atoms with Crippen molar-refractivity contribution < 1.29 is 9.47 Å². The quantitative estimate of drug-likeness (QED) is 0.859. The number of halogens is 1. The molecule has 0 saturated heterocycles. The average molecular weight is 334 g/mol. The monoisotopic (exact) mass is 333 g/mol. The molecule has 0 bridgehead atoms. The van der Waals surface area contributed by atoms with Crippen molar-refractivity contribution in [1.82, 2.24) is 9.97 Å². The summed E-state index contributed by atoms with van der Waals surface area (Å²) in [4.78, 5) is 8.23. The summed E-state index contributed by atoms with van der Waals surface area (Å²) in [7, 11) is 1.52. The highest BCUT2D eigenvalue weighted by molar-refractivity contribution is 9.10. The van der Waals surface area contributed by atoms with E-state index in [9.17, 15) is 0 Å². The number of hydrogen-bond donors (Lipinski definition) is 0. The Labute approximate surface area is 125 Å². The molecular weight excluding hydrogens is 322 g/mol. The Morgan fingerprint density at radius 1 is 1.25 bits per heavy atom. The lowest BCUT2D eigenvalue weighted by Crippen LogP contribution is -1.98. The molecule has 102 valence electrons. The number of nitrogens with zero attached hydrogens (tertiary/aromatic N) is 3. The zero-order chi connectivity index (χ0) is 14.7. The lowest BCUT2D eigenvalue weighted by molar-refractivity contribution is 0.372. The first kappa shape index (κ1) is 14.3. The van der Waals surface area contributed by atoms with Crippen molar-refractivity contribution >= 4 is 15.9 Å². The predicted octanol–water partition coefficient (Wildman–Crippen LogP) is 3.53. The summed E-state index contributed by atoms with van der Waals surface area (Å²) < 4.78 is 11.5. The van der Waals surface area contributed by atoms with Gasteiger partial charge >= 0.3 is 6.01 Å². The molecule has 1 heterocycles. The first-order valence-corrected chi connectivity index (χ1v) is 6.60. The molecule has 0 unspecified atom stereocenters. The fourth-order valence-electron chi connectivity index (χ4n) is 1.80. The maximum Gasteiger partial charge on any atom is 0.325 e. The summed E-state index contributed by atoms with van der Waals surface area (Å²) in [6, 6.07) is 5.83. The molecule has 0 N–H and O–H groups in total. The van der Waals surface area contributed by atoms with Crippen LogP contribution in [0.5, 0.6) is 17.6 Å². The lowest BCUT2D eigenvalue weighted by Gasteiger charge is -2.11. The van der Waals surface area contributed by atoms with Crippen LogP contribution >= 0.6 is 15.9 Å². The standard InChI is InChI=1S/C14H12BrN3O2/c1-8-4-10(6-16)5-9(2)12(8)20-14-17-7-11(15)13(18-14)19-3/h4-5,7H,1-3H3. The Kier molecular flexibility index (Phi) is 4.20. The second kappa shape index (κ2) is 5.88. The smallest absolute Gasteiger partial charge is 0.325 e. The van der Waals surface area contributed by atoms with E-state index >= 15 is 0 Å². The van der Waals surface area contributed by atoms with Gasteiger partial charge in [-0.15, -0.1) is 0 Å². The van der Waals surface area contributed by atoms with E-state index < -0.39 is 0 Å². The molecule has 0 spiro atoms. The molecular formula is C14H12BrN3O2. The Balaban J connectivity index is 2.38. The van der Waals surface area contributed by atoms with Gasteiger partial charge in [0, 0.05) is 0 Å². The molecule has 2 rings (SSSR count). The van der Waals surface area contributed by atoms with E-state index in [1.54, 1.807) is 18.3 Å². The molecule has 0 fully saturated rings. The molecule has 1 aromatic carbocycles. The van der Waals surface area contributed by atoms with Crippen molar-refractivity contribution in [3.05, 3.63) is 39.5 Å². The Morgan fingerprint density at radius 2 is 1.90 bits per heavy atom. The number of nitriles is 1. The highest BCUT2D eigenvalue weighted by atomic mass is 79.9. The van der Waals surface area contributed by atoms with Gasteiger partial charge < -0.3 is 9.47 Å². The van der Waals surface area contributed by atoms with Gasteiger partial charge in [0.2, 0.25) is 5.88 Å². The SMILES string of the molecule is COc1nc(Oc2c(C)cc(C#N)cc2C)ncc1Br. The number of ether oxygens (including phenoxy) is 2. The number of aryl methyl sites for hydroxylation is 2. The van der Waals surface area contributed by atoms with E-state index in [2.05, 4.69) is 32.0 Å². The number of methoxy groups -OCH3 is 1. The highest BCUT2D eigenvalue weighted by Gasteiger charge is 2.11. The van der Waals surface area contributed by atoms with Gasteiger partial charge in [-0.1, -0.05) is 0 Å². The lowest BCUT2D eigenvalue weighted by atomic mass is 10.1. The van der Waals surface area contributed by atoms with Gasteiger partial charge in [0.15, 0.2) is 0 Å². The van der Waals surface area contributed by atoms with Crippen LogP contribution in [0.15, 0.2) is 22.8 Å².